The van der Waals surface area contributed by atoms with Gasteiger partial charge in [0, 0.05) is 25.6 Å². The maximum atomic E-state index is 12.2. The molecule has 0 spiro atoms. The summed E-state index contributed by atoms with van der Waals surface area (Å²) in [4.78, 5) is 7.93. The second-order valence-corrected chi connectivity index (χ2v) is 5.60. The molecule has 0 atom stereocenters. The lowest BCUT2D eigenvalue weighted by Crippen LogP contribution is -2.15. The van der Waals surface area contributed by atoms with Crippen LogP contribution in [0.2, 0.25) is 0 Å². The molecule has 0 aliphatic carbocycles. The Morgan fingerprint density at radius 1 is 1.16 bits per heavy atom. The molecule has 0 radical (unpaired) electrons. The standard InChI is InChI=1S/C12H14N4O2S/c1-9-3-4-12(15-7-9)16-19(17,18)11-8-14-6-5-10(11)13-2/h3-8H,1-2H3,(H,13,14)(H,15,16). The van der Waals surface area contributed by atoms with Gasteiger partial charge in [0.05, 0.1) is 5.69 Å². The van der Waals surface area contributed by atoms with Crippen molar-refractivity contribution in [3.8, 4) is 0 Å². The quantitative estimate of drug-likeness (QED) is 0.888. The van der Waals surface area contributed by atoms with Crippen molar-refractivity contribution in [2.24, 2.45) is 0 Å². The molecule has 100 valence electrons. The number of anilines is 2. The van der Waals surface area contributed by atoms with E-state index in [-0.39, 0.29) is 10.7 Å². The highest BCUT2D eigenvalue weighted by atomic mass is 32.2. The molecule has 2 heterocycles. The van der Waals surface area contributed by atoms with Crippen molar-refractivity contribution in [1.82, 2.24) is 9.97 Å². The van der Waals surface area contributed by atoms with Gasteiger partial charge in [-0.25, -0.2) is 13.4 Å². The van der Waals surface area contributed by atoms with Gasteiger partial charge < -0.3 is 5.32 Å². The van der Waals surface area contributed by atoms with Crippen molar-refractivity contribution < 1.29 is 8.42 Å². The largest absolute Gasteiger partial charge is 0.387 e. The van der Waals surface area contributed by atoms with Gasteiger partial charge in [0.2, 0.25) is 0 Å². The zero-order valence-electron chi connectivity index (χ0n) is 10.6. The van der Waals surface area contributed by atoms with Gasteiger partial charge in [-0.05, 0) is 24.6 Å². The Morgan fingerprint density at radius 2 is 1.95 bits per heavy atom. The molecule has 6 nitrogen and oxygen atoms in total. The van der Waals surface area contributed by atoms with Gasteiger partial charge in [-0.1, -0.05) is 6.07 Å². The third kappa shape index (κ3) is 3.00. The molecule has 0 bridgehead atoms. The summed E-state index contributed by atoms with van der Waals surface area (Å²) in [5.41, 5.74) is 1.44. The van der Waals surface area contributed by atoms with Crippen LogP contribution in [-0.2, 0) is 10.0 Å². The summed E-state index contributed by atoms with van der Waals surface area (Å²) in [6, 6.07) is 4.99. The fraction of sp³-hybridized carbons (Fsp3) is 0.167. The summed E-state index contributed by atoms with van der Waals surface area (Å²) < 4.78 is 26.9. The lowest BCUT2D eigenvalue weighted by Gasteiger charge is -2.10. The van der Waals surface area contributed by atoms with E-state index in [1.807, 2.05) is 6.92 Å². The molecule has 0 saturated carbocycles. The molecule has 2 rings (SSSR count). The maximum absolute atomic E-state index is 12.2. The number of sulfonamides is 1. The first-order valence-corrected chi connectivity index (χ1v) is 7.08. The van der Waals surface area contributed by atoms with E-state index < -0.39 is 10.0 Å². The summed E-state index contributed by atoms with van der Waals surface area (Å²) in [5, 5.41) is 2.82. The lowest BCUT2D eigenvalue weighted by molar-refractivity contribution is 0.601. The number of rotatable bonds is 4. The Morgan fingerprint density at radius 3 is 2.58 bits per heavy atom. The average Bonchev–Trinajstić information content (AvgIpc) is 2.41. The molecule has 0 saturated heterocycles. The van der Waals surface area contributed by atoms with Crippen LogP contribution in [-0.4, -0.2) is 25.4 Å². The molecule has 0 aliphatic rings. The van der Waals surface area contributed by atoms with E-state index in [0.29, 0.717) is 5.69 Å². The first-order valence-electron chi connectivity index (χ1n) is 5.60. The van der Waals surface area contributed by atoms with Crippen LogP contribution < -0.4 is 10.0 Å². The van der Waals surface area contributed by atoms with Crippen molar-refractivity contribution >= 4 is 21.5 Å². The zero-order chi connectivity index (χ0) is 13.9. The monoisotopic (exact) mass is 278 g/mol. The fourth-order valence-corrected chi connectivity index (χ4v) is 2.69. The van der Waals surface area contributed by atoms with Gasteiger partial charge >= 0.3 is 0 Å². The van der Waals surface area contributed by atoms with Gasteiger partial charge in [0.25, 0.3) is 10.0 Å². The molecule has 2 aromatic rings. The molecule has 2 N–H and O–H groups in total. The smallest absolute Gasteiger partial charge is 0.266 e. The highest BCUT2D eigenvalue weighted by molar-refractivity contribution is 7.92. The molecular weight excluding hydrogens is 264 g/mol. The highest BCUT2D eigenvalue weighted by Crippen LogP contribution is 2.21. The normalized spacial score (nSPS) is 11.1. The SMILES string of the molecule is CNc1ccncc1S(=O)(=O)Nc1ccc(C)cn1. The zero-order valence-corrected chi connectivity index (χ0v) is 11.4. The number of nitrogens with one attached hydrogen (secondary N) is 2. The van der Waals surface area contributed by atoms with E-state index in [9.17, 15) is 8.42 Å². The Bertz CT molecular complexity index is 668. The minimum absolute atomic E-state index is 0.0832. The molecule has 19 heavy (non-hydrogen) atoms. The van der Waals surface area contributed by atoms with Crippen molar-refractivity contribution in [3.05, 3.63) is 42.4 Å². The second kappa shape index (κ2) is 5.23. The van der Waals surface area contributed by atoms with E-state index in [1.54, 1.807) is 31.4 Å². The predicted molar refractivity (Wildman–Crippen MR) is 73.6 cm³/mol. The summed E-state index contributed by atoms with van der Waals surface area (Å²) in [6.45, 7) is 1.88. The van der Waals surface area contributed by atoms with Crippen LogP contribution in [0.25, 0.3) is 0 Å². The third-order valence-electron chi connectivity index (χ3n) is 2.49. The minimum Gasteiger partial charge on any atom is -0.387 e. The Hall–Kier alpha value is -2.15. The third-order valence-corrected chi connectivity index (χ3v) is 3.88. The van der Waals surface area contributed by atoms with E-state index in [0.717, 1.165) is 5.56 Å². The lowest BCUT2D eigenvalue weighted by atomic mass is 10.3. The van der Waals surface area contributed by atoms with Crippen LogP contribution in [0.5, 0.6) is 0 Å². The number of hydrogen-bond donors (Lipinski definition) is 2. The topological polar surface area (TPSA) is 84.0 Å². The number of aryl methyl sites for hydroxylation is 1. The summed E-state index contributed by atoms with van der Waals surface area (Å²) in [5.74, 6) is 0.275. The predicted octanol–water partition coefficient (Wildman–Crippen LogP) is 1.63. The van der Waals surface area contributed by atoms with Crippen LogP contribution in [0.15, 0.2) is 41.7 Å². The fourth-order valence-electron chi connectivity index (χ4n) is 1.52. The number of nitrogens with zero attached hydrogens (tertiary/aromatic N) is 2. The molecule has 0 fully saturated rings. The number of aromatic nitrogens is 2. The van der Waals surface area contributed by atoms with Gasteiger partial charge in [-0.3, -0.25) is 9.71 Å². The molecule has 7 heteroatoms. The molecule has 2 aromatic heterocycles. The average molecular weight is 278 g/mol. The van der Waals surface area contributed by atoms with E-state index in [2.05, 4.69) is 20.0 Å². The maximum Gasteiger partial charge on any atom is 0.266 e. The van der Waals surface area contributed by atoms with Crippen molar-refractivity contribution in [2.75, 3.05) is 17.1 Å². The Balaban J connectivity index is 2.35. The summed E-state index contributed by atoms with van der Waals surface area (Å²) in [7, 11) is -2.06. The van der Waals surface area contributed by atoms with Crippen LogP contribution in [0.4, 0.5) is 11.5 Å². The number of pyridine rings is 2. The van der Waals surface area contributed by atoms with Gasteiger partial charge in [-0.15, -0.1) is 0 Å². The van der Waals surface area contributed by atoms with Crippen molar-refractivity contribution in [3.63, 3.8) is 0 Å². The molecule has 0 unspecified atom stereocenters. The minimum atomic E-state index is -3.71. The van der Waals surface area contributed by atoms with E-state index in [4.69, 9.17) is 0 Å². The molecule has 0 aromatic carbocycles. The Labute approximate surface area is 112 Å². The van der Waals surface area contributed by atoms with Gasteiger partial charge in [0.1, 0.15) is 10.7 Å². The van der Waals surface area contributed by atoms with Crippen LogP contribution in [0.3, 0.4) is 0 Å². The second-order valence-electron chi connectivity index (χ2n) is 3.95. The van der Waals surface area contributed by atoms with E-state index in [1.165, 1.54) is 12.4 Å². The van der Waals surface area contributed by atoms with Crippen molar-refractivity contribution in [1.29, 1.82) is 0 Å². The Kier molecular flexibility index (Phi) is 3.66. The summed E-state index contributed by atoms with van der Waals surface area (Å²) in [6.07, 6.45) is 4.41. The first kappa shape index (κ1) is 13.3. The summed E-state index contributed by atoms with van der Waals surface area (Å²) >= 11 is 0. The first-order chi connectivity index (χ1) is 9.03. The molecule has 0 aliphatic heterocycles. The molecular formula is C12H14N4O2S. The molecule has 0 amide bonds. The van der Waals surface area contributed by atoms with Gasteiger partial charge in [-0.2, -0.15) is 0 Å². The van der Waals surface area contributed by atoms with Gasteiger partial charge in [0.15, 0.2) is 0 Å². The van der Waals surface area contributed by atoms with Crippen LogP contribution in [0, 0.1) is 6.92 Å². The van der Waals surface area contributed by atoms with Crippen LogP contribution in [0.1, 0.15) is 5.56 Å². The van der Waals surface area contributed by atoms with Crippen molar-refractivity contribution in [2.45, 2.75) is 11.8 Å². The van der Waals surface area contributed by atoms with Crippen LogP contribution >= 0.6 is 0 Å². The number of hydrogen-bond acceptors (Lipinski definition) is 5. The van der Waals surface area contributed by atoms with E-state index >= 15 is 0 Å². The highest BCUT2D eigenvalue weighted by Gasteiger charge is 2.18.